The zero-order valence-corrected chi connectivity index (χ0v) is 21.4. The molecule has 32 heavy (non-hydrogen) atoms. The molecule has 6 nitrogen and oxygen atoms in total. The van der Waals surface area contributed by atoms with Gasteiger partial charge < -0.3 is 20.1 Å². The Bertz CT molecular complexity index is 683. The zero-order valence-electron chi connectivity index (χ0n) is 19.1. The quantitative estimate of drug-likeness (QED) is 0.249. The van der Waals surface area contributed by atoms with Crippen LogP contribution in [0.25, 0.3) is 0 Å². The van der Waals surface area contributed by atoms with Crippen molar-refractivity contribution in [2.45, 2.75) is 45.4 Å². The zero-order chi connectivity index (χ0) is 22.7. The number of para-hydroxylation sites is 2. The molecule has 1 unspecified atom stereocenters. The maximum atomic E-state index is 12.5. The first kappa shape index (κ1) is 28.6. The van der Waals surface area contributed by atoms with Crippen molar-refractivity contribution in [1.82, 2.24) is 15.5 Å². The van der Waals surface area contributed by atoms with E-state index in [0.717, 1.165) is 32.4 Å². The summed E-state index contributed by atoms with van der Waals surface area (Å²) in [4.78, 5) is 6.09. The highest BCUT2D eigenvalue weighted by Crippen LogP contribution is 2.27. The number of nitrogens with one attached hydrogen (secondary N) is 2. The molecular formula is C22H36F3IN4O2. The third-order valence-electron chi connectivity index (χ3n) is 5.20. The summed E-state index contributed by atoms with van der Waals surface area (Å²) in [6, 6.07) is 7.50. The number of piperidine rings is 1. The topological polar surface area (TPSA) is 58.1 Å². The number of ether oxygens (including phenoxy) is 2. The van der Waals surface area contributed by atoms with Crippen LogP contribution in [0, 0.1) is 5.92 Å². The van der Waals surface area contributed by atoms with Gasteiger partial charge in [0, 0.05) is 13.1 Å². The summed E-state index contributed by atoms with van der Waals surface area (Å²) in [7, 11) is 1.61. The van der Waals surface area contributed by atoms with E-state index in [0.29, 0.717) is 43.0 Å². The van der Waals surface area contributed by atoms with E-state index in [9.17, 15) is 13.2 Å². The van der Waals surface area contributed by atoms with Crippen LogP contribution in [0.4, 0.5) is 13.2 Å². The van der Waals surface area contributed by atoms with E-state index in [1.165, 1.54) is 4.90 Å². The van der Waals surface area contributed by atoms with Crippen molar-refractivity contribution in [3.63, 3.8) is 0 Å². The molecule has 1 aliphatic rings. The average Bonchev–Trinajstić information content (AvgIpc) is 2.72. The fourth-order valence-corrected chi connectivity index (χ4v) is 3.61. The molecule has 1 aliphatic heterocycles. The summed E-state index contributed by atoms with van der Waals surface area (Å²) in [5.74, 6) is 2.52. The van der Waals surface area contributed by atoms with E-state index >= 15 is 0 Å². The lowest BCUT2D eigenvalue weighted by Gasteiger charge is -2.32. The molecule has 0 bridgehead atoms. The second-order valence-corrected chi connectivity index (χ2v) is 7.85. The number of hydrogen-bond donors (Lipinski definition) is 2. The monoisotopic (exact) mass is 572 g/mol. The van der Waals surface area contributed by atoms with Crippen LogP contribution < -0.4 is 20.1 Å². The molecule has 2 N–H and O–H groups in total. The van der Waals surface area contributed by atoms with Gasteiger partial charge in [0.15, 0.2) is 17.5 Å². The SMILES string of the molecule is CCNC(=NCC(C)Oc1ccccc1OC)NCCC1CCN(CC(F)(F)F)CC1.I. The molecule has 1 heterocycles. The summed E-state index contributed by atoms with van der Waals surface area (Å²) in [5, 5.41) is 6.54. The molecule has 10 heteroatoms. The number of aliphatic imine (C=N–C) groups is 1. The van der Waals surface area contributed by atoms with E-state index in [1.807, 2.05) is 38.1 Å². The average molecular weight is 572 g/mol. The van der Waals surface area contributed by atoms with Gasteiger partial charge in [-0.25, -0.2) is 4.99 Å². The number of methoxy groups -OCH3 is 1. The highest BCUT2D eigenvalue weighted by Gasteiger charge is 2.32. The third-order valence-corrected chi connectivity index (χ3v) is 5.20. The highest BCUT2D eigenvalue weighted by molar-refractivity contribution is 14.0. The fraction of sp³-hybridized carbons (Fsp3) is 0.682. The molecule has 0 radical (unpaired) electrons. The first-order valence-corrected chi connectivity index (χ1v) is 10.9. The fourth-order valence-electron chi connectivity index (χ4n) is 3.61. The molecule has 184 valence electrons. The van der Waals surface area contributed by atoms with Gasteiger partial charge in [0.05, 0.1) is 20.2 Å². The lowest BCUT2D eigenvalue weighted by atomic mass is 9.93. The molecule has 0 spiro atoms. The molecule has 1 fully saturated rings. The summed E-state index contributed by atoms with van der Waals surface area (Å²) in [5.41, 5.74) is 0. The van der Waals surface area contributed by atoms with Gasteiger partial charge in [-0.1, -0.05) is 12.1 Å². The lowest BCUT2D eigenvalue weighted by molar-refractivity contribution is -0.148. The van der Waals surface area contributed by atoms with Crippen molar-refractivity contribution in [3.05, 3.63) is 24.3 Å². The maximum Gasteiger partial charge on any atom is 0.401 e. The normalized spacial score (nSPS) is 16.8. The molecule has 0 aromatic heterocycles. The molecule has 1 saturated heterocycles. The van der Waals surface area contributed by atoms with Gasteiger partial charge in [-0.3, -0.25) is 4.90 Å². The Labute approximate surface area is 206 Å². The highest BCUT2D eigenvalue weighted by atomic mass is 127. The Morgan fingerprint density at radius 3 is 2.44 bits per heavy atom. The van der Waals surface area contributed by atoms with Crippen LogP contribution >= 0.6 is 24.0 Å². The number of guanidine groups is 1. The Morgan fingerprint density at radius 1 is 1.19 bits per heavy atom. The van der Waals surface area contributed by atoms with Gasteiger partial charge in [0.25, 0.3) is 0 Å². The molecule has 1 aromatic carbocycles. The number of alkyl halides is 3. The van der Waals surface area contributed by atoms with Crippen LogP contribution in [-0.2, 0) is 0 Å². The third kappa shape index (κ3) is 10.9. The van der Waals surface area contributed by atoms with Gasteiger partial charge in [0.1, 0.15) is 6.10 Å². The number of likely N-dealkylation sites (tertiary alicyclic amines) is 1. The van der Waals surface area contributed by atoms with Crippen molar-refractivity contribution in [2.24, 2.45) is 10.9 Å². The Balaban J connectivity index is 0.00000512. The van der Waals surface area contributed by atoms with Gasteiger partial charge in [-0.15, -0.1) is 24.0 Å². The molecule has 0 saturated carbocycles. The molecule has 0 aliphatic carbocycles. The van der Waals surface area contributed by atoms with E-state index in [4.69, 9.17) is 9.47 Å². The smallest absolute Gasteiger partial charge is 0.401 e. The van der Waals surface area contributed by atoms with Crippen molar-refractivity contribution < 1.29 is 22.6 Å². The predicted octanol–water partition coefficient (Wildman–Crippen LogP) is 4.30. The number of halogens is 4. The van der Waals surface area contributed by atoms with Crippen LogP contribution in [0.15, 0.2) is 29.3 Å². The minimum absolute atomic E-state index is 0. The Morgan fingerprint density at radius 2 is 1.84 bits per heavy atom. The Hall–Kier alpha value is -1.43. The summed E-state index contributed by atoms with van der Waals surface area (Å²) in [6.07, 6.45) is -1.73. The van der Waals surface area contributed by atoms with Gasteiger partial charge in [-0.2, -0.15) is 13.2 Å². The molecular weight excluding hydrogens is 536 g/mol. The summed E-state index contributed by atoms with van der Waals surface area (Å²) in [6.45, 7) is 6.12. The standard InChI is InChI=1S/C22H35F3N4O2.HI/c1-4-26-21(28-15-17(2)31-20-8-6-5-7-19(20)30-3)27-12-9-18-10-13-29(14-11-18)16-22(23,24)25;/h5-8,17-18H,4,9-16H2,1-3H3,(H2,26,27,28);1H. The lowest BCUT2D eigenvalue weighted by Crippen LogP contribution is -2.42. The van der Waals surface area contributed by atoms with Crippen molar-refractivity contribution in [2.75, 3.05) is 46.4 Å². The molecule has 1 atom stereocenters. The van der Waals surface area contributed by atoms with Crippen molar-refractivity contribution in [1.29, 1.82) is 0 Å². The first-order chi connectivity index (χ1) is 14.8. The van der Waals surface area contributed by atoms with E-state index in [1.54, 1.807) is 7.11 Å². The summed E-state index contributed by atoms with van der Waals surface area (Å²) >= 11 is 0. The second-order valence-electron chi connectivity index (χ2n) is 7.85. The summed E-state index contributed by atoms with van der Waals surface area (Å²) < 4.78 is 48.8. The van der Waals surface area contributed by atoms with E-state index < -0.39 is 12.7 Å². The molecule has 0 amide bonds. The second kappa shape index (κ2) is 14.7. The number of benzene rings is 1. The van der Waals surface area contributed by atoms with Crippen molar-refractivity contribution in [3.8, 4) is 11.5 Å². The van der Waals surface area contributed by atoms with Gasteiger partial charge in [-0.05, 0) is 64.3 Å². The largest absolute Gasteiger partial charge is 0.493 e. The predicted molar refractivity (Wildman–Crippen MR) is 132 cm³/mol. The first-order valence-electron chi connectivity index (χ1n) is 10.9. The van der Waals surface area contributed by atoms with E-state index in [-0.39, 0.29) is 30.1 Å². The van der Waals surface area contributed by atoms with E-state index in [2.05, 4.69) is 15.6 Å². The minimum atomic E-state index is -4.11. The number of rotatable bonds is 10. The van der Waals surface area contributed by atoms with Crippen LogP contribution in [0.3, 0.4) is 0 Å². The maximum absolute atomic E-state index is 12.5. The van der Waals surface area contributed by atoms with Crippen molar-refractivity contribution >= 4 is 29.9 Å². The number of nitrogens with zero attached hydrogens (tertiary/aromatic N) is 2. The molecule has 1 aromatic rings. The van der Waals surface area contributed by atoms with Gasteiger partial charge in [0.2, 0.25) is 0 Å². The Kier molecular flexibility index (Phi) is 13.1. The minimum Gasteiger partial charge on any atom is -0.493 e. The number of hydrogen-bond acceptors (Lipinski definition) is 4. The van der Waals surface area contributed by atoms with Crippen LogP contribution in [0.2, 0.25) is 0 Å². The van der Waals surface area contributed by atoms with Crippen LogP contribution in [-0.4, -0.2) is 69.5 Å². The molecule has 2 rings (SSSR count). The van der Waals surface area contributed by atoms with Crippen LogP contribution in [0.1, 0.15) is 33.1 Å². The van der Waals surface area contributed by atoms with Crippen LogP contribution in [0.5, 0.6) is 11.5 Å². The van der Waals surface area contributed by atoms with Gasteiger partial charge >= 0.3 is 6.18 Å².